The molecule has 0 saturated heterocycles. The number of amides is 1. The summed E-state index contributed by atoms with van der Waals surface area (Å²) in [5.41, 5.74) is 2.03. The number of nitrogens with zero attached hydrogens (tertiary/aromatic N) is 2. The maximum Gasteiger partial charge on any atom is 0.337 e. The lowest BCUT2D eigenvalue weighted by Crippen LogP contribution is -2.13. The Kier molecular flexibility index (Phi) is 5.63. The summed E-state index contributed by atoms with van der Waals surface area (Å²) in [5, 5.41) is 6.24. The van der Waals surface area contributed by atoms with Crippen molar-refractivity contribution < 1.29 is 14.3 Å². The van der Waals surface area contributed by atoms with Crippen LogP contribution in [0.5, 0.6) is 0 Å². The van der Waals surface area contributed by atoms with E-state index in [2.05, 4.69) is 25.3 Å². The quantitative estimate of drug-likeness (QED) is 0.650. The second-order valence-corrected chi connectivity index (χ2v) is 5.89. The summed E-state index contributed by atoms with van der Waals surface area (Å²) in [6, 6.07) is 13.5. The van der Waals surface area contributed by atoms with Gasteiger partial charge in [0.2, 0.25) is 5.95 Å². The molecule has 0 spiro atoms. The Bertz CT molecular complexity index is 959. The molecule has 0 saturated carbocycles. The topological polar surface area (TPSA) is 93.2 Å². The van der Waals surface area contributed by atoms with Gasteiger partial charge in [-0.3, -0.25) is 4.79 Å². The van der Waals surface area contributed by atoms with Gasteiger partial charge in [0.15, 0.2) is 0 Å². The van der Waals surface area contributed by atoms with E-state index in [-0.39, 0.29) is 5.91 Å². The zero-order valence-corrected chi connectivity index (χ0v) is 15.0. The van der Waals surface area contributed by atoms with Crippen molar-refractivity contribution in [1.29, 1.82) is 0 Å². The Labute approximate surface area is 160 Å². The van der Waals surface area contributed by atoms with E-state index in [0.717, 1.165) is 0 Å². The number of halogens is 1. The average molecular weight is 383 g/mol. The highest BCUT2D eigenvalue weighted by Gasteiger charge is 2.09. The number of carbonyl (C=O) groups is 2. The molecule has 2 N–H and O–H groups in total. The summed E-state index contributed by atoms with van der Waals surface area (Å²) >= 11 is 5.90. The number of aromatic nitrogens is 2. The Morgan fingerprint density at radius 1 is 0.963 bits per heavy atom. The molecule has 0 aliphatic heterocycles. The molecule has 3 aromatic rings. The summed E-state index contributed by atoms with van der Waals surface area (Å²) in [5.74, 6) is -0.431. The molecule has 1 aromatic heterocycles. The van der Waals surface area contributed by atoms with Crippen LogP contribution >= 0.6 is 11.6 Å². The molecule has 0 atom stereocenters. The van der Waals surface area contributed by atoms with Crippen molar-refractivity contribution in [2.24, 2.45) is 0 Å². The minimum Gasteiger partial charge on any atom is -0.465 e. The number of carbonyl (C=O) groups excluding carboxylic acids is 2. The van der Waals surface area contributed by atoms with Crippen LogP contribution in [0, 0.1) is 0 Å². The molecule has 0 bridgehead atoms. The molecule has 27 heavy (non-hydrogen) atoms. The Balaban J connectivity index is 1.64. The molecule has 0 aliphatic carbocycles. The van der Waals surface area contributed by atoms with Crippen LogP contribution in [0.15, 0.2) is 60.9 Å². The normalized spacial score (nSPS) is 10.1. The van der Waals surface area contributed by atoms with Gasteiger partial charge in [-0.15, -0.1) is 0 Å². The van der Waals surface area contributed by atoms with Crippen LogP contribution < -0.4 is 10.6 Å². The smallest absolute Gasteiger partial charge is 0.337 e. The average Bonchev–Trinajstić information content (AvgIpc) is 2.68. The molecule has 1 heterocycles. The largest absolute Gasteiger partial charge is 0.465 e. The molecule has 0 aliphatic rings. The van der Waals surface area contributed by atoms with E-state index < -0.39 is 5.97 Å². The third-order valence-corrected chi connectivity index (χ3v) is 3.79. The van der Waals surface area contributed by atoms with Gasteiger partial charge >= 0.3 is 5.97 Å². The molecular weight excluding hydrogens is 368 g/mol. The van der Waals surface area contributed by atoms with Crippen LogP contribution in [0.25, 0.3) is 0 Å². The number of benzene rings is 2. The first-order chi connectivity index (χ1) is 13.0. The van der Waals surface area contributed by atoms with Crippen LogP contribution in [0.2, 0.25) is 5.02 Å². The Morgan fingerprint density at radius 3 is 2.30 bits per heavy atom. The molecule has 7 nitrogen and oxygen atoms in total. The Morgan fingerprint density at radius 2 is 1.67 bits per heavy atom. The fourth-order valence-corrected chi connectivity index (χ4v) is 2.41. The van der Waals surface area contributed by atoms with E-state index >= 15 is 0 Å². The van der Waals surface area contributed by atoms with Crippen molar-refractivity contribution >= 4 is 40.8 Å². The maximum atomic E-state index is 12.2. The molecule has 0 radical (unpaired) electrons. The zero-order chi connectivity index (χ0) is 19.2. The van der Waals surface area contributed by atoms with Gasteiger partial charge in [0, 0.05) is 28.8 Å². The first-order valence-corrected chi connectivity index (χ1v) is 8.27. The number of ether oxygens (including phenoxy) is 1. The van der Waals surface area contributed by atoms with Crippen molar-refractivity contribution in [1.82, 2.24) is 9.97 Å². The summed E-state index contributed by atoms with van der Waals surface area (Å²) in [4.78, 5) is 31.9. The number of hydrogen-bond donors (Lipinski definition) is 2. The van der Waals surface area contributed by atoms with Crippen molar-refractivity contribution in [3.05, 3.63) is 77.1 Å². The first kappa shape index (κ1) is 18.3. The highest BCUT2D eigenvalue weighted by Crippen LogP contribution is 2.17. The molecule has 1 amide bonds. The number of nitrogens with one attached hydrogen (secondary N) is 2. The van der Waals surface area contributed by atoms with Gasteiger partial charge in [-0.25, -0.2) is 14.8 Å². The minimum absolute atomic E-state index is 0.307. The summed E-state index contributed by atoms with van der Waals surface area (Å²) in [6.07, 6.45) is 2.83. The number of rotatable bonds is 5. The molecule has 8 heteroatoms. The van der Waals surface area contributed by atoms with Crippen molar-refractivity contribution in [2.75, 3.05) is 17.7 Å². The predicted molar refractivity (Wildman–Crippen MR) is 103 cm³/mol. The molecule has 0 unspecified atom stereocenters. The fraction of sp³-hybridized carbons (Fsp3) is 0.0526. The van der Waals surface area contributed by atoms with E-state index in [1.807, 2.05) is 0 Å². The van der Waals surface area contributed by atoms with Gasteiger partial charge < -0.3 is 15.4 Å². The highest BCUT2D eigenvalue weighted by atomic mass is 35.5. The SMILES string of the molecule is COC(=O)c1ccc(Nc2ncc(C(=O)Nc3cccc(Cl)c3)cn2)cc1. The van der Waals surface area contributed by atoms with Gasteiger partial charge in [0.05, 0.1) is 18.2 Å². The van der Waals surface area contributed by atoms with Crippen LogP contribution in [-0.4, -0.2) is 29.0 Å². The summed E-state index contributed by atoms with van der Waals surface area (Å²) in [6.45, 7) is 0. The van der Waals surface area contributed by atoms with Gasteiger partial charge in [-0.05, 0) is 42.5 Å². The molecule has 0 fully saturated rings. The number of methoxy groups -OCH3 is 1. The number of hydrogen-bond acceptors (Lipinski definition) is 6. The van der Waals surface area contributed by atoms with Gasteiger partial charge in [0.25, 0.3) is 5.91 Å². The standard InChI is InChI=1S/C19H15ClN4O3/c1-27-18(26)12-5-7-15(8-6-12)24-19-21-10-13(11-22-19)17(25)23-16-4-2-3-14(20)9-16/h2-11H,1H3,(H,23,25)(H,21,22,24). The maximum absolute atomic E-state index is 12.2. The Hall–Kier alpha value is -3.45. The van der Waals surface area contributed by atoms with E-state index in [1.54, 1.807) is 48.5 Å². The molecular formula is C19H15ClN4O3. The summed E-state index contributed by atoms with van der Waals surface area (Å²) in [7, 11) is 1.33. The lowest BCUT2D eigenvalue weighted by molar-refractivity contribution is 0.0600. The van der Waals surface area contributed by atoms with Crippen molar-refractivity contribution in [3.8, 4) is 0 Å². The van der Waals surface area contributed by atoms with Crippen LogP contribution in [0.1, 0.15) is 20.7 Å². The fourth-order valence-electron chi connectivity index (χ4n) is 2.22. The second-order valence-electron chi connectivity index (χ2n) is 5.45. The van der Waals surface area contributed by atoms with E-state index in [1.165, 1.54) is 19.5 Å². The number of anilines is 3. The monoisotopic (exact) mass is 382 g/mol. The van der Waals surface area contributed by atoms with Crippen LogP contribution in [0.3, 0.4) is 0 Å². The molecule has 136 valence electrons. The van der Waals surface area contributed by atoms with Crippen LogP contribution in [-0.2, 0) is 4.74 Å². The first-order valence-electron chi connectivity index (χ1n) is 7.89. The van der Waals surface area contributed by atoms with E-state index in [9.17, 15) is 9.59 Å². The van der Waals surface area contributed by atoms with Gasteiger partial charge in [-0.2, -0.15) is 0 Å². The minimum atomic E-state index is -0.409. The van der Waals surface area contributed by atoms with Gasteiger partial charge in [-0.1, -0.05) is 17.7 Å². The van der Waals surface area contributed by atoms with Gasteiger partial charge in [0.1, 0.15) is 0 Å². The van der Waals surface area contributed by atoms with E-state index in [0.29, 0.717) is 33.5 Å². The summed E-state index contributed by atoms with van der Waals surface area (Å²) < 4.78 is 4.65. The van der Waals surface area contributed by atoms with Crippen molar-refractivity contribution in [3.63, 3.8) is 0 Å². The lowest BCUT2D eigenvalue weighted by Gasteiger charge is -2.07. The third-order valence-electron chi connectivity index (χ3n) is 3.56. The predicted octanol–water partition coefficient (Wildman–Crippen LogP) is 3.91. The van der Waals surface area contributed by atoms with Crippen LogP contribution in [0.4, 0.5) is 17.3 Å². The highest BCUT2D eigenvalue weighted by molar-refractivity contribution is 6.30. The van der Waals surface area contributed by atoms with Crippen molar-refractivity contribution in [2.45, 2.75) is 0 Å². The molecule has 3 rings (SSSR count). The lowest BCUT2D eigenvalue weighted by atomic mass is 10.2. The second kappa shape index (κ2) is 8.29. The molecule has 2 aromatic carbocycles. The van der Waals surface area contributed by atoms with E-state index in [4.69, 9.17) is 11.6 Å². The zero-order valence-electron chi connectivity index (χ0n) is 14.3. The number of esters is 1. The third kappa shape index (κ3) is 4.80.